The number of rotatable bonds is 2. The molecule has 1 fully saturated rings. The molecule has 0 amide bonds. The Morgan fingerprint density at radius 2 is 2.08 bits per heavy atom. The standard InChI is InChI=1S/C11H10FN/c1-13-11(6-7-11)8-9-4-2-3-5-10(9)12/h2-5H,6-8H2. The van der Waals surface area contributed by atoms with Crippen molar-refractivity contribution in [2.75, 3.05) is 0 Å². The van der Waals surface area contributed by atoms with Crippen molar-refractivity contribution in [2.45, 2.75) is 24.8 Å². The van der Waals surface area contributed by atoms with Gasteiger partial charge in [0.25, 0.3) is 0 Å². The van der Waals surface area contributed by atoms with Crippen molar-refractivity contribution in [3.8, 4) is 0 Å². The van der Waals surface area contributed by atoms with Crippen molar-refractivity contribution < 1.29 is 4.39 Å². The second kappa shape index (κ2) is 2.85. The van der Waals surface area contributed by atoms with Crippen LogP contribution in [0.4, 0.5) is 4.39 Å². The van der Waals surface area contributed by atoms with Crippen LogP contribution in [0.1, 0.15) is 18.4 Å². The van der Waals surface area contributed by atoms with Gasteiger partial charge in [-0.05, 0) is 11.6 Å². The van der Waals surface area contributed by atoms with Crippen molar-refractivity contribution in [2.24, 2.45) is 0 Å². The number of hydrogen-bond acceptors (Lipinski definition) is 0. The topological polar surface area (TPSA) is 4.36 Å². The molecule has 0 radical (unpaired) electrons. The molecule has 0 atom stereocenters. The maximum Gasteiger partial charge on any atom is 0.237 e. The van der Waals surface area contributed by atoms with Crippen molar-refractivity contribution in [1.82, 2.24) is 0 Å². The first kappa shape index (κ1) is 8.25. The summed E-state index contributed by atoms with van der Waals surface area (Å²) >= 11 is 0. The summed E-state index contributed by atoms with van der Waals surface area (Å²) in [6.07, 6.45) is 2.42. The summed E-state index contributed by atoms with van der Waals surface area (Å²) in [5.41, 5.74) is 0.415. The fourth-order valence-corrected chi connectivity index (χ4v) is 1.47. The molecule has 0 bridgehead atoms. The van der Waals surface area contributed by atoms with Crippen LogP contribution in [0.2, 0.25) is 0 Å². The number of halogens is 1. The van der Waals surface area contributed by atoms with Crippen LogP contribution in [-0.4, -0.2) is 5.54 Å². The monoisotopic (exact) mass is 175 g/mol. The molecule has 66 valence electrons. The first-order valence-electron chi connectivity index (χ1n) is 4.38. The third kappa shape index (κ3) is 1.55. The molecule has 0 aliphatic heterocycles. The van der Waals surface area contributed by atoms with Crippen LogP contribution < -0.4 is 0 Å². The molecule has 1 aromatic carbocycles. The van der Waals surface area contributed by atoms with Crippen molar-refractivity contribution in [1.29, 1.82) is 0 Å². The molecule has 0 aromatic heterocycles. The SMILES string of the molecule is [C-]#[N+]C1(Cc2ccccc2F)CC1. The Morgan fingerprint density at radius 1 is 1.38 bits per heavy atom. The highest BCUT2D eigenvalue weighted by molar-refractivity contribution is 5.25. The third-order valence-electron chi connectivity index (χ3n) is 2.54. The smallest absolute Gasteiger partial charge is 0.237 e. The zero-order valence-electron chi connectivity index (χ0n) is 7.26. The van der Waals surface area contributed by atoms with E-state index in [0.29, 0.717) is 12.0 Å². The highest BCUT2D eigenvalue weighted by Crippen LogP contribution is 2.42. The number of nitrogens with zero attached hydrogens (tertiary/aromatic N) is 1. The Hall–Kier alpha value is -1.36. The minimum atomic E-state index is -0.262. The number of benzene rings is 1. The van der Waals surface area contributed by atoms with Crippen molar-refractivity contribution in [3.63, 3.8) is 0 Å². The van der Waals surface area contributed by atoms with Gasteiger partial charge in [-0.25, -0.2) is 11.0 Å². The Kier molecular flexibility index (Phi) is 1.81. The predicted molar refractivity (Wildman–Crippen MR) is 48.7 cm³/mol. The maximum atomic E-state index is 13.2. The lowest BCUT2D eigenvalue weighted by atomic mass is 10.0. The van der Waals surface area contributed by atoms with E-state index in [-0.39, 0.29) is 11.4 Å². The van der Waals surface area contributed by atoms with Crippen LogP contribution in [0.3, 0.4) is 0 Å². The summed E-state index contributed by atoms with van der Waals surface area (Å²) in [6, 6.07) is 6.71. The molecule has 2 heteroatoms. The molecular weight excluding hydrogens is 165 g/mol. The van der Waals surface area contributed by atoms with E-state index < -0.39 is 0 Å². The highest BCUT2D eigenvalue weighted by Gasteiger charge is 2.50. The van der Waals surface area contributed by atoms with E-state index >= 15 is 0 Å². The van der Waals surface area contributed by atoms with Gasteiger partial charge in [-0.2, -0.15) is 0 Å². The molecular formula is C11H10FN. The quantitative estimate of drug-likeness (QED) is 0.609. The van der Waals surface area contributed by atoms with Gasteiger partial charge in [-0.1, -0.05) is 18.2 Å². The third-order valence-corrected chi connectivity index (χ3v) is 2.54. The first-order valence-corrected chi connectivity index (χ1v) is 4.38. The fourth-order valence-electron chi connectivity index (χ4n) is 1.47. The van der Waals surface area contributed by atoms with Gasteiger partial charge in [0.15, 0.2) is 0 Å². The summed E-state index contributed by atoms with van der Waals surface area (Å²) in [5.74, 6) is -0.183. The molecule has 0 N–H and O–H groups in total. The average Bonchev–Trinajstić information content (AvgIpc) is 2.90. The van der Waals surface area contributed by atoms with Gasteiger partial charge in [-0.15, -0.1) is 0 Å². The van der Waals surface area contributed by atoms with E-state index in [1.54, 1.807) is 12.1 Å². The van der Waals surface area contributed by atoms with Crippen LogP contribution in [0.25, 0.3) is 4.85 Å². The Labute approximate surface area is 77.0 Å². The molecule has 0 saturated heterocycles. The van der Waals surface area contributed by atoms with Gasteiger partial charge >= 0.3 is 0 Å². The van der Waals surface area contributed by atoms with Gasteiger partial charge < -0.3 is 4.85 Å². The zero-order chi connectivity index (χ0) is 9.31. The van der Waals surface area contributed by atoms with E-state index in [2.05, 4.69) is 4.85 Å². The Balaban J connectivity index is 2.20. The second-order valence-corrected chi connectivity index (χ2v) is 3.60. The maximum absolute atomic E-state index is 13.2. The Bertz CT molecular complexity index is 361. The normalized spacial score (nSPS) is 17.8. The fraction of sp³-hybridized carbons (Fsp3) is 0.364. The molecule has 13 heavy (non-hydrogen) atoms. The lowest BCUT2D eigenvalue weighted by Gasteiger charge is -2.03. The molecule has 1 saturated carbocycles. The van der Waals surface area contributed by atoms with Crippen molar-refractivity contribution in [3.05, 3.63) is 47.1 Å². The van der Waals surface area contributed by atoms with E-state index in [1.165, 1.54) is 6.07 Å². The van der Waals surface area contributed by atoms with Crippen LogP contribution >= 0.6 is 0 Å². The summed E-state index contributed by atoms with van der Waals surface area (Å²) in [6.45, 7) is 6.99. The van der Waals surface area contributed by atoms with Crippen LogP contribution in [0.15, 0.2) is 24.3 Å². The van der Waals surface area contributed by atoms with Gasteiger partial charge in [0.2, 0.25) is 5.54 Å². The average molecular weight is 175 g/mol. The van der Waals surface area contributed by atoms with E-state index in [9.17, 15) is 4.39 Å². The largest absolute Gasteiger partial charge is 0.310 e. The summed E-state index contributed by atoms with van der Waals surface area (Å²) in [7, 11) is 0. The highest BCUT2D eigenvalue weighted by atomic mass is 19.1. The van der Waals surface area contributed by atoms with Crippen molar-refractivity contribution >= 4 is 0 Å². The minimum Gasteiger partial charge on any atom is -0.310 e. The van der Waals surface area contributed by atoms with E-state index in [1.807, 2.05) is 6.07 Å². The first-order chi connectivity index (χ1) is 6.26. The zero-order valence-corrected chi connectivity index (χ0v) is 7.26. The second-order valence-electron chi connectivity index (χ2n) is 3.60. The van der Waals surface area contributed by atoms with Crippen LogP contribution in [0, 0.1) is 12.4 Å². The summed E-state index contributed by atoms with van der Waals surface area (Å²) in [4.78, 5) is 3.55. The number of hydrogen-bond donors (Lipinski definition) is 0. The van der Waals surface area contributed by atoms with Gasteiger partial charge in [0.1, 0.15) is 5.82 Å². The Morgan fingerprint density at radius 3 is 2.62 bits per heavy atom. The molecule has 1 aliphatic rings. The lowest BCUT2D eigenvalue weighted by Crippen LogP contribution is -2.07. The molecule has 0 spiro atoms. The molecule has 1 nitrogen and oxygen atoms in total. The molecule has 0 heterocycles. The molecule has 1 aromatic rings. The van der Waals surface area contributed by atoms with Crippen LogP contribution in [-0.2, 0) is 6.42 Å². The minimum absolute atomic E-state index is 0.183. The van der Waals surface area contributed by atoms with Gasteiger partial charge in [0.05, 0.1) is 6.42 Å². The lowest BCUT2D eigenvalue weighted by molar-refractivity contribution is 0.599. The van der Waals surface area contributed by atoms with Gasteiger partial charge in [-0.3, -0.25) is 0 Å². The predicted octanol–water partition coefficient (Wildman–Crippen LogP) is 2.82. The molecule has 0 unspecified atom stereocenters. The summed E-state index contributed by atoms with van der Waals surface area (Å²) in [5, 5.41) is 0. The molecule has 1 aliphatic carbocycles. The van der Waals surface area contributed by atoms with E-state index in [4.69, 9.17) is 6.57 Å². The van der Waals surface area contributed by atoms with Gasteiger partial charge in [0, 0.05) is 12.8 Å². The summed E-state index contributed by atoms with van der Waals surface area (Å²) < 4.78 is 13.2. The molecule has 2 rings (SSSR count). The van der Waals surface area contributed by atoms with Crippen LogP contribution in [0.5, 0.6) is 0 Å². The van der Waals surface area contributed by atoms with E-state index in [0.717, 1.165) is 12.8 Å².